The van der Waals surface area contributed by atoms with Crippen molar-refractivity contribution in [2.75, 3.05) is 6.79 Å². The SMILES string of the molecule is CC1(C)[C@@H]2CC[C@@]1(C)/C(=N/NC(=O)/C=C/c1cc([N+](=O)[O-])cc3c1OCOC3)C2. The Labute approximate surface area is 169 Å². The zero-order valence-electron chi connectivity index (χ0n) is 16.9. The zero-order chi connectivity index (χ0) is 20.8. The smallest absolute Gasteiger partial charge is 0.270 e. The monoisotopic (exact) mass is 399 g/mol. The van der Waals surface area contributed by atoms with Crippen LogP contribution < -0.4 is 10.2 Å². The second-order valence-electron chi connectivity index (χ2n) is 8.75. The van der Waals surface area contributed by atoms with Crippen molar-refractivity contribution in [3.63, 3.8) is 0 Å². The predicted octanol–water partition coefficient (Wildman–Crippen LogP) is 3.79. The van der Waals surface area contributed by atoms with Crippen molar-refractivity contribution in [1.29, 1.82) is 0 Å². The first-order valence-electron chi connectivity index (χ1n) is 9.79. The van der Waals surface area contributed by atoms with Gasteiger partial charge in [0.2, 0.25) is 0 Å². The molecule has 1 aliphatic heterocycles. The minimum absolute atomic E-state index is 0.0155. The number of hydrazone groups is 1. The number of amides is 1. The summed E-state index contributed by atoms with van der Waals surface area (Å²) in [6, 6.07) is 2.81. The van der Waals surface area contributed by atoms with Crippen molar-refractivity contribution < 1.29 is 19.2 Å². The van der Waals surface area contributed by atoms with Crippen molar-refractivity contribution in [2.45, 2.75) is 46.6 Å². The molecule has 8 heteroatoms. The van der Waals surface area contributed by atoms with Gasteiger partial charge in [-0.2, -0.15) is 5.10 Å². The molecule has 1 aromatic carbocycles. The summed E-state index contributed by atoms with van der Waals surface area (Å²) < 4.78 is 10.7. The minimum atomic E-state index is -0.476. The van der Waals surface area contributed by atoms with E-state index < -0.39 is 4.92 Å². The Hall–Kier alpha value is -2.74. The number of nitrogens with zero attached hydrogens (tertiary/aromatic N) is 2. The van der Waals surface area contributed by atoms with Crippen LogP contribution in [0, 0.1) is 26.9 Å². The van der Waals surface area contributed by atoms with E-state index >= 15 is 0 Å². The highest BCUT2D eigenvalue weighted by molar-refractivity contribution is 5.97. The van der Waals surface area contributed by atoms with E-state index in [9.17, 15) is 14.9 Å². The number of nitro groups is 1. The third-order valence-corrected chi connectivity index (χ3v) is 7.16. The number of nitro benzene ring substituents is 1. The standard InChI is InChI=1S/C21H25N3O5/c1-20(2)15-6-7-21(20,3)17(10-15)22-23-18(25)5-4-13-8-16(24(26)27)9-14-11-28-12-29-19(13)14/h4-5,8-9,15H,6-7,10-12H2,1-3H3,(H,23,25)/b5-4+,22-17+/t15-,21+/m1/s1. The molecule has 2 saturated carbocycles. The molecule has 1 amide bonds. The first-order chi connectivity index (χ1) is 13.7. The van der Waals surface area contributed by atoms with Gasteiger partial charge in [0.25, 0.3) is 11.6 Å². The number of benzene rings is 1. The van der Waals surface area contributed by atoms with Crippen LogP contribution in [0.1, 0.15) is 51.2 Å². The molecule has 29 heavy (non-hydrogen) atoms. The molecule has 3 aliphatic rings. The first kappa shape index (κ1) is 19.6. The molecular formula is C21H25N3O5. The molecule has 0 aromatic heterocycles. The number of carbonyl (C=O) groups is 1. The Kier molecular flexibility index (Phi) is 4.69. The molecule has 1 heterocycles. The number of nitrogens with one attached hydrogen (secondary N) is 1. The summed E-state index contributed by atoms with van der Waals surface area (Å²) in [5, 5.41) is 15.6. The fraction of sp³-hybridized carbons (Fsp3) is 0.524. The van der Waals surface area contributed by atoms with Gasteiger partial charge in [0, 0.05) is 40.5 Å². The number of non-ortho nitro benzene ring substituents is 1. The Balaban J connectivity index is 1.51. The minimum Gasteiger partial charge on any atom is -0.467 e. The van der Waals surface area contributed by atoms with Crippen LogP contribution >= 0.6 is 0 Å². The van der Waals surface area contributed by atoms with Crippen molar-refractivity contribution in [3.05, 3.63) is 39.4 Å². The Morgan fingerprint density at radius 2 is 2.17 bits per heavy atom. The highest BCUT2D eigenvalue weighted by atomic mass is 16.7. The van der Waals surface area contributed by atoms with E-state index in [0.717, 1.165) is 18.6 Å². The molecule has 8 nitrogen and oxygen atoms in total. The second kappa shape index (κ2) is 6.95. The quantitative estimate of drug-likeness (QED) is 0.471. The number of hydrogen-bond acceptors (Lipinski definition) is 6. The van der Waals surface area contributed by atoms with Crippen LogP contribution in [-0.2, 0) is 16.1 Å². The molecule has 0 saturated heterocycles. The van der Waals surface area contributed by atoms with Crippen LogP contribution in [0.2, 0.25) is 0 Å². The van der Waals surface area contributed by atoms with Crippen molar-refractivity contribution in [3.8, 4) is 5.75 Å². The fourth-order valence-corrected chi connectivity index (χ4v) is 4.88. The highest BCUT2D eigenvalue weighted by Crippen LogP contribution is 2.63. The first-order valence-corrected chi connectivity index (χ1v) is 9.79. The molecule has 1 aromatic rings. The number of ether oxygens (including phenoxy) is 2. The molecule has 2 fully saturated rings. The van der Waals surface area contributed by atoms with E-state index in [1.165, 1.54) is 30.7 Å². The van der Waals surface area contributed by atoms with Crippen LogP contribution in [0.5, 0.6) is 5.75 Å². The average molecular weight is 399 g/mol. The van der Waals surface area contributed by atoms with E-state index in [0.29, 0.717) is 22.8 Å². The third-order valence-electron chi connectivity index (χ3n) is 7.16. The summed E-state index contributed by atoms with van der Waals surface area (Å²) in [6.45, 7) is 7.10. The molecule has 0 unspecified atom stereocenters. The normalized spacial score (nSPS) is 28.4. The largest absolute Gasteiger partial charge is 0.467 e. The number of rotatable bonds is 4. The van der Waals surface area contributed by atoms with E-state index in [1.54, 1.807) is 0 Å². The predicted molar refractivity (Wildman–Crippen MR) is 107 cm³/mol. The summed E-state index contributed by atoms with van der Waals surface area (Å²) in [6.07, 6.45) is 6.05. The van der Waals surface area contributed by atoms with E-state index in [4.69, 9.17) is 9.47 Å². The number of hydrogen-bond donors (Lipinski definition) is 1. The van der Waals surface area contributed by atoms with Gasteiger partial charge >= 0.3 is 0 Å². The molecule has 2 aliphatic carbocycles. The second-order valence-corrected chi connectivity index (χ2v) is 8.75. The molecule has 1 N–H and O–H groups in total. The van der Waals surface area contributed by atoms with Crippen LogP contribution in [0.25, 0.3) is 6.08 Å². The third kappa shape index (κ3) is 3.21. The van der Waals surface area contributed by atoms with Gasteiger partial charge in [0.15, 0.2) is 6.79 Å². The maximum Gasteiger partial charge on any atom is 0.270 e. The van der Waals surface area contributed by atoms with E-state index in [2.05, 4.69) is 31.3 Å². The lowest BCUT2D eigenvalue weighted by atomic mass is 9.70. The summed E-state index contributed by atoms with van der Waals surface area (Å²) in [5.41, 5.74) is 4.85. The molecule has 2 atom stereocenters. The van der Waals surface area contributed by atoms with Crippen molar-refractivity contribution in [1.82, 2.24) is 5.43 Å². The van der Waals surface area contributed by atoms with Gasteiger partial charge in [0.05, 0.1) is 11.5 Å². The molecule has 2 bridgehead atoms. The topological polar surface area (TPSA) is 103 Å². The summed E-state index contributed by atoms with van der Waals surface area (Å²) in [5.74, 6) is 0.725. The van der Waals surface area contributed by atoms with Gasteiger partial charge in [-0.3, -0.25) is 14.9 Å². The lowest BCUT2D eigenvalue weighted by molar-refractivity contribution is -0.385. The van der Waals surface area contributed by atoms with Gasteiger partial charge in [0.1, 0.15) is 5.75 Å². The van der Waals surface area contributed by atoms with Crippen LogP contribution in [0.4, 0.5) is 5.69 Å². The fourth-order valence-electron chi connectivity index (χ4n) is 4.88. The van der Waals surface area contributed by atoms with E-state index in [1.807, 2.05) is 0 Å². The summed E-state index contributed by atoms with van der Waals surface area (Å²) in [7, 11) is 0. The van der Waals surface area contributed by atoms with Crippen LogP contribution in [0.3, 0.4) is 0 Å². The highest BCUT2D eigenvalue weighted by Gasteiger charge is 2.60. The van der Waals surface area contributed by atoms with Crippen molar-refractivity contribution in [2.24, 2.45) is 21.8 Å². The average Bonchev–Trinajstić information content (AvgIpc) is 3.03. The maximum atomic E-state index is 12.3. The molecule has 0 spiro atoms. The van der Waals surface area contributed by atoms with Gasteiger partial charge < -0.3 is 9.47 Å². The summed E-state index contributed by atoms with van der Waals surface area (Å²) >= 11 is 0. The lowest BCUT2D eigenvalue weighted by Gasteiger charge is -2.34. The van der Waals surface area contributed by atoms with Crippen LogP contribution in [0.15, 0.2) is 23.3 Å². The molecule has 0 radical (unpaired) electrons. The Bertz CT molecular complexity index is 936. The molecule has 4 rings (SSSR count). The van der Waals surface area contributed by atoms with Crippen LogP contribution in [-0.4, -0.2) is 23.3 Å². The van der Waals surface area contributed by atoms with Gasteiger partial charge in [-0.25, -0.2) is 5.43 Å². The molecular weight excluding hydrogens is 374 g/mol. The molecule has 154 valence electrons. The van der Waals surface area contributed by atoms with Gasteiger partial charge in [-0.05, 0) is 36.7 Å². The number of carbonyl (C=O) groups excluding carboxylic acids is 1. The van der Waals surface area contributed by atoms with Gasteiger partial charge in [-0.15, -0.1) is 0 Å². The number of fused-ring (bicyclic) bond motifs is 3. The lowest BCUT2D eigenvalue weighted by Crippen LogP contribution is -2.34. The van der Waals surface area contributed by atoms with Crippen molar-refractivity contribution >= 4 is 23.4 Å². The van der Waals surface area contributed by atoms with E-state index in [-0.39, 0.29) is 35.8 Å². The maximum absolute atomic E-state index is 12.3. The summed E-state index contributed by atoms with van der Waals surface area (Å²) in [4.78, 5) is 23.0. The zero-order valence-corrected chi connectivity index (χ0v) is 16.9. The Morgan fingerprint density at radius 1 is 1.38 bits per heavy atom. The Morgan fingerprint density at radius 3 is 2.83 bits per heavy atom. The van der Waals surface area contributed by atoms with Gasteiger partial charge in [-0.1, -0.05) is 20.8 Å².